The molecule has 0 aliphatic carbocycles. The van der Waals surface area contributed by atoms with Crippen molar-refractivity contribution in [2.24, 2.45) is 5.73 Å². The van der Waals surface area contributed by atoms with E-state index < -0.39 is 6.04 Å². The number of nitrogens with two attached hydrogens (primary N) is 1. The van der Waals surface area contributed by atoms with Crippen LogP contribution in [0.5, 0.6) is 0 Å². The highest BCUT2D eigenvalue weighted by Crippen LogP contribution is 2.38. The Morgan fingerprint density at radius 2 is 2.00 bits per heavy atom. The standard InChI is InChI=1S/C15H27N5O3S/c1-18-4-6-19(7-5-18)14(23)12-9-24-15(17-12)2-3-20(10-15)13(22)11(16)8-21/h11-12,17,21H,2-10,16H2,1H3/t11-,12-,15?/m0/s1. The van der Waals surface area contributed by atoms with E-state index in [9.17, 15) is 9.59 Å². The molecule has 3 saturated heterocycles. The number of rotatable bonds is 3. The van der Waals surface area contributed by atoms with Crippen LogP contribution in [-0.2, 0) is 9.59 Å². The van der Waals surface area contributed by atoms with E-state index in [4.69, 9.17) is 10.8 Å². The van der Waals surface area contributed by atoms with Crippen molar-refractivity contribution in [3.63, 3.8) is 0 Å². The van der Waals surface area contributed by atoms with Gasteiger partial charge in [0.1, 0.15) is 6.04 Å². The fourth-order valence-corrected chi connectivity index (χ4v) is 4.96. The van der Waals surface area contributed by atoms with Crippen molar-refractivity contribution in [2.45, 2.75) is 23.4 Å². The van der Waals surface area contributed by atoms with Gasteiger partial charge in [-0.25, -0.2) is 0 Å². The number of nitrogens with one attached hydrogen (secondary N) is 1. The van der Waals surface area contributed by atoms with Crippen molar-refractivity contribution in [2.75, 3.05) is 58.7 Å². The van der Waals surface area contributed by atoms with Gasteiger partial charge < -0.3 is 25.5 Å². The minimum Gasteiger partial charge on any atom is -0.394 e. The first-order valence-electron chi connectivity index (χ1n) is 8.48. The van der Waals surface area contributed by atoms with Crippen LogP contribution in [0.25, 0.3) is 0 Å². The molecular weight excluding hydrogens is 330 g/mol. The highest BCUT2D eigenvalue weighted by molar-refractivity contribution is 8.01. The lowest BCUT2D eigenvalue weighted by Crippen LogP contribution is -2.55. The summed E-state index contributed by atoms with van der Waals surface area (Å²) < 4.78 is 0. The number of nitrogens with zero attached hydrogens (tertiary/aromatic N) is 3. The Kier molecular flexibility index (Phi) is 5.36. The molecule has 3 heterocycles. The smallest absolute Gasteiger partial charge is 0.241 e. The molecule has 136 valence electrons. The maximum Gasteiger partial charge on any atom is 0.241 e. The van der Waals surface area contributed by atoms with E-state index in [0.717, 1.165) is 38.4 Å². The number of piperazine rings is 1. The second kappa shape index (κ2) is 7.17. The molecule has 2 amide bonds. The summed E-state index contributed by atoms with van der Waals surface area (Å²) in [4.78, 5) is 30.5. The molecule has 4 N–H and O–H groups in total. The van der Waals surface area contributed by atoms with Gasteiger partial charge in [-0.2, -0.15) is 0 Å². The summed E-state index contributed by atoms with van der Waals surface area (Å²) in [5.41, 5.74) is 5.63. The topological polar surface area (TPSA) is 102 Å². The SMILES string of the molecule is CN1CCN(C(=O)[C@@H]2CSC3(CCN(C(=O)[C@@H](N)CO)C3)N2)CC1. The molecule has 3 aliphatic rings. The second-order valence-corrected chi connectivity index (χ2v) is 8.33. The summed E-state index contributed by atoms with van der Waals surface area (Å²) in [5, 5.41) is 12.5. The number of amides is 2. The van der Waals surface area contributed by atoms with E-state index in [0.29, 0.717) is 13.1 Å². The van der Waals surface area contributed by atoms with Gasteiger partial charge in [0.2, 0.25) is 11.8 Å². The number of carbonyl (C=O) groups excluding carboxylic acids is 2. The van der Waals surface area contributed by atoms with Crippen LogP contribution in [0.1, 0.15) is 6.42 Å². The van der Waals surface area contributed by atoms with Crippen LogP contribution in [0.3, 0.4) is 0 Å². The Morgan fingerprint density at radius 1 is 1.29 bits per heavy atom. The van der Waals surface area contributed by atoms with Crippen molar-refractivity contribution in [1.82, 2.24) is 20.0 Å². The predicted molar refractivity (Wildman–Crippen MR) is 92.4 cm³/mol. The van der Waals surface area contributed by atoms with Crippen molar-refractivity contribution >= 4 is 23.6 Å². The fourth-order valence-electron chi connectivity index (χ4n) is 3.54. The monoisotopic (exact) mass is 357 g/mol. The third-order valence-corrected chi connectivity index (χ3v) is 6.64. The Balaban J connectivity index is 1.55. The summed E-state index contributed by atoms with van der Waals surface area (Å²) >= 11 is 1.73. The van der Waals surface area contributed by atoms with Crippen LogP contribution in [0, 0.1) is 0 Å². The van der Waals surface area contributed by atoms with Crippen molar-refractivity contribution in [1.29, 1.82) is 0 Å². The molecule has 0 radical (unpaired) electrons. The Bertz CT molecular complexity index is 500. The summed E-state index contributed by atoms with van der Waals surface area (Å²) in [6, 6.07) is -1.03. The zero-order valence-electron chi connectivity index (χ0n) is 14.1. The number of hydrogen-bond donors (Lipinski definition) is 3. The van der Waals surface area contributed by atoms with E-state index in [2.05, 4.69) is 17.3 Å². The fraction of sp³-hybridized carbons (Fsp3) is 0.867. The molecule has 3 fully saturated rings. The van der Waals surface area contributed by atoms with Gasteiger partial charge in [0.05, 0.1) is 17.5 Å². The number of carbonyl (C=O) groups is 2. The second-order valence-electron chi connectivity index (χ2n) is 6.93. The minimum atomic E-state index is -0.852. The van der Waals surface area contributed by atoms with E-state index in [-0.39, 0.29) is 29.3 Å². The number of aliphatic hydroxyl groups is 1. The van der Waals surface area contributed by atoms with Crippen LogP contribution in [0.4, 0.5) is 0 Å². The maximum atomic E-state index is 12.7. The minimum absolute atomic E-state index is 0.171. The van der Waals surface area contributed by atoms with Gasteiger partial charge in [-0.1, -0.05) is 0 Å². The molecule has 0 aromatic carbocycles. The van der Waals surface area contributed by atoms with E-state index >= 15 is 0 Å². The van der Waals surface area contributed by atoms with E-state index in [1.54, 1.807) is 16.7 Å². The highest BCUT2D eigenvalue weighted by atomic mass is 32.2. The van der Waals surface area contributed by atoms with Crippen LogP contribution < -0.4 is 11.1 Å². The van der Waals surface area contributed by atoms with Gasteiger partial charge in [-0.05, 0) is 13.5 Å². The quantitative estimate of drug-likeness (QED) is 0.523. The average molecular weight is 357 g/mol. The maximum absolute atomic E-state index is 12.7. The number of aliphatic hydroxyl groups excluding tert-OH is 1. The first-order valence-corrected chi connectivity index (χ1v) is 9.47. The van der Waals surface area contributed by atoms with Gasteiger partial charge in [-0.3, -0.25) is 14.9 Å². The largest absolute Gasteiger partial charge is 0.394 e. The first-order chi connectivity index (χ1) is 11.4. The molecule has 1 spiro atoms. The molecule has 1 unspecified atom stereocenters. The zero-order valence-corrected chi connectivity index (χ0v) is 14.9. The van der Waals surface area contributed by atoms with Crippen molar-refractivity contribution < 1.29 is 14.7 Å². The Labute approximate surface area is 146 Å². The molecule has 0 bridgehead atoms. The normalized spacial score (nSPS) is 32.5. The summed E-state index contributed by atoms with van der Waals surface area (Å²) in [7, 11) is 2.07. The molecule has 24 heavy (non-hydrogen) atoms. The molecule has 0 saturated carbocycles. The number of thioether (sulfide) groups is 1. The van der Waals surface area contributed by atoms with Crippen LogP contribution >= 0.6 is 11.8 Å². The Hall–Kier alpha value is -0.870. The molecule has 3 rings (SSSR count). The van der Waals surface area contributed by atoms with Gasteiger partial charge in [0, 0.05) is 45.0 Å². The molecule has 0 aromatic rings. The van der Waals surface area contributed by atoms with Crippen molar-refractivity contribution in [3.8, 4) is 0 Å². The van der Waals surface area contributed by atoms with Gasteiger partial charge in [-0.15, -0.1) is 11.8 Å². The average Bonchev–Trinajstić information content (AvgIpc) is 3.21. The highest BCUT2D eigenvalue weighted by Gasteiger charge is 2.48. The number of likely N-dealkylation sites (N-methyl/N-ethyl adjacent to an activating group) is 1. The first kappa shape index (κ1) is 17.9. The van der Waals surface area contributed by atoms with Gasteiger partial charge >= 0.3 is 0 Å². The lowest BCUT2D eigenvalue weighted by Gasteiger charge is -2.34. The van der Waals surface area contributed by atoms with E-state index in [1.165, 1.54) is 0 Å². The lowest BCUT2D eigenvalue weighted by molar-refractivity contribution is -0.134. The third-order valence-electron chi connectivity index (χ3n) is 5.13. The summed E-state index contributed by atoms with van der Waals surface area (Å²) in [6.07, 6.45) is 0.800. The molecule has 8 nitrogen and oxygen atoms in total. The molecule has 9 heteroatoms. The van der Waals surface area contributed by atoms with Gasteiger partial charge in [0.25, 0.3) is 0 Å². The summed E-state index contributed by atoms with van der Waals surface area (Å²) in [6.45, 7) is 4.20. The van der Waals surface area contributed by atoms with Crippen molar-refractivity contribution in [3.05, 3.63) is 0 Å². The number of hydrogen-bond acceptors (Lipinski definition) is 7. The zero-order chi connectivity index (χ0) is 17.3. The molecule has 3 aliphatic heterocycles. The number of likely N-dealkylation sites (tertiary alicyclic amines) is 1. The third kappa shape index (κ3) is 3.55. The van der Waals surface area contributed by atoms with E-state index in [1.807, 2.05) is 4.90 Å². The molecule has 3 atom stereocenters. The molecule has 0 aromatic heterocycles. The van der Waals surface area contributed by atoms with Crippen LogP contribution in [0.15, 0.2) is 0 Å². The predicted octanol–water partition coefficient (Wildman–Crippen LogP) is -2.29. The van der Waals surface area contributed by atoms with Gasteiger partial charge in [0.15, 0.2) is 0 Å². The van der Waals surface area contributed by atoms with Crippen LogP contribution in [0.2, 0.25) is 0 Å². The Morgan fingerprint density at radius 3 is 2.67 bits per heavy atom. The molecular formula is C15H27N5O3S. The van der Waals surface area contributed by atoms with Crippen LogP contribution in [-0.4, -0.2) is 107 Å². The lowest BCUT2D eigenvalue weighted by atomic mass is 10.2. The summed E-state index contributed by atoms with van der Waals surface area (Å²) in [5.74, 6) is 0.689.